The van der Waals surface area contributed by atoms with Crippen molar-refractivity contribution in [3.63, 3.8) is 0 Å². The number of rotatable bonds is 4. The molecule has 0 saturated carbocycles. The number of likely N-dealkylation sites (tertiary alicyclic amines) is 1. The second-order valence-electron chi connectivity index (χ2n) is 5.80. The molecular weight excluding hydrogens is 331 g/mol. The lowest BCUT2D eigenvalue weighted by Gasteiger charge is -2.29. The number of amides is 1. The van der Waals surface area contributed by atoms with Gasteiger partial charge < -0.3 is 10.0 Å². The maximum atomic E-state index is 13.0. The van der Waals surface area contributed by atoms with E-state index in [2.05, 4.69) is 4.98 Å². The first kappa shape index (κ1) is 16.6. The molecule has 1 saturated heterocycles. The number of hydrogen-bond donors (Lipinski definition) is 1. The highest BCUT2D eigenvalue weighted by atomic mass is 32.1. The van der Waals surface area contributed by atoms with Gasteiger partial charge >= 0.3 is 5.97 Å². The number of benzene rings is 1. The standard InChI is InChI=1S/C17H17FN2O3S/c18-13-3-1-11(2-4-13)14-10-24-15(19-14)9-16(21)20-7-5-12(6-8-20)17(22)23/h1-4,10,12H,5-9H2,(H,22,23). The van der Waals surface area contributed by atoms with Gasteiger partial charge in [0.05, 0.1) is 18.0 Å². The molecule has 24 heavy (non-hydrogen) atoms. The van der Waals surface area contributed by atoms with Gasteiger partial charge in [0.1, 0.15) is 10.8 Å². The van der Waals surface area contributed by atoms with Crippen LogP contribution < -0.4 is 0 Å². The summed E-state index contributed by atoms with van der Waals surface area (Å²) in [5.41, 5.74) is 1.54. The number of aromatic nitrogens is 1. The Morgan fingerprint density at radius 3 is 2.54 bits per heavy atom. The SMILES string of the molecule is O=C(O)C1CCN(C(=O)Cc2nc(-c3ccc(F)cc3)cs2)CC1. The van der Waals surface area contributed by atoms with Gasteiger partial charge in [-0.05, 0) is 37.1 Å². The predicted octanol–water partition coefficient (Wildman–Crippen LogP) is 2.81. The molecule has 0 bridgehead atoms. The Morgan fingerprint density at radius 1 is 1.25 bits per heavy atom. The van der Waals surface area contributed by atoms with Crippen LogP contribution in [0.3, 0.4) is 0 Å². The molecule has 126 valence electrons. The van der Waals surface area contributed by atoms with Gasteiger partial charge in [-0.3, -0.25) is 9.59 Å². The summed E-state index contributed by atoms with van der Waals surface area (Å²) in [4.78, 5) is 29.4. The van der Waals surface area contributed by atoms with Crippen LogP contribution in [0.25, 0.3) is 11.3 Å². The molecule has 5 nitrogen and oxygen atoms in total. The zero-order valence-electron chi connectivity index (χ0n) is 12.9. The lowest BCUT2D eigenvalue weighted by molar-refractivity contribution is -0.145. The Labute approximate surface area is 142 Å². The largest absolute Gasteiger partial charge is 0.481 e. The first-order valence-corrected chi connectivity index (χ1v) is 8.62. The van der Waals surface area contributed by atoms with Crippen LogP contribution in [-0.4, -0.2) is 40.0 Å². The van der Waals surface area contributed by atoms with Crippen molar-refractivity contribution in [1.29, 1.82) is 0 Å². The lowest BCUT2D eigenvalue weighted by Crippen LogP contribution is -2.40. The molecule has 1 aromatic heterocycles. The van der Waals surface area contributed by atoms with Gasteiger partial charge in [0.25, 0.3) is 0 Å². The van der Waals surface area contributed by atoms with E-state index in [1.165, 1.54) is 23.5 Å². The molecule has 0 aliphatic carbocycles. The topological polar surface area (TPSA) is 70.5 Å². The Balaban J connectivity index is 1.59. The molecule has 0 unspecified atom stereocenters. The van der Waals surface area contributed by atoms with Crippen molar-refractivity contribution in [1.82, 2.24) is 9.88 Å². The number of thiazole rings is 1. The van der Waals surface area contributed by atoms with E-state index in [0.717, 1.165) is 11.3 Å². The van der Waals surface area contributed by atoms with Crippen LogP contribution in [0.4, 0.5) is 4.39 Å². The van der Waals surface area contributed by atoms with Crippen molar-refractivity contribution in [2.45, 2.75) is 19.3 Å². The summed E-state index contributed by atoms with van der Waals surface area (Å²) in [5, 5.41) is 11.6. The monoisotopic (exact) mass is 348 g/mol. The fraction of sp³-hybridized carbons (Fsp3) is 0.353. The molecule has 1 fully saturated rings. The molecule has 0 spiro atoms. The second-order valence-corrected chi connectivity index (χ2v) is 6.75. The molecule has 0 radical (unpaired) electrons. The van der Waals surface area contributed by atoms with Crippen molar-refractivity contribution in [3.8, 4) is 11.3 Å². The molecular formula is C17H17FN2O3S. The summed E-state index contributed by atoms with van der Waals surface area (Å²) in [6, 6.07) is 6.08. The zero-order valence-corrected chi connectivity index (χ0v) is 13.8. The molecule has 2 heterocycles. The summed E-state index contributed by atoms with van der Waals surface area (Å²) in [6.07, 6.45) is 1.21. The fourth-order valence-electron chi connectivity index (χ4n) is 2.76. The first-order valence-electron chi connectivity index (χ1n) is 7.74. The molecule has 1 aromatic carbocycles. The van der Waals surface area contributed by atoms with E-state index in [-0.39, 0.29) is 24.1 Å². The number of halogens is 1. The average molecular weight is 348 g/mol. The van der Waals surface area contributed by atoms with Crippen LogP contribution in [0.1, 0.15) is 17.8 Å². The minimum absolute atomic E-state index is 0.0288. The minimum atomic E-state index is -0.786. The lowest BCUT2D eigenvalue weighted by atomic mass is 9.97. The van der Waals surface area contributed by atoms with Crippen molar-refractivity contribution in [3.05, 3.63) is 40.5 Å². The predicted molar refractivity (Wildman–Crippen MR) is 88.2 cm³/mol. The maximum absolute atomic E-state index is 13.0. The maximum Gasteiger partial charge on any atom is 0.306 e. The van der Waals surface area contributed by atoms with Crippen LogP contribution >= 0.6 is 11.3 Å². The van der Waals surface area contributed by atoms with Crippen LogP contribution in [-0.2, 0) is 16.0 Å². The van der Waals surface area contributed by atoms with Gasteiger partial charge in [-0.1, -0.05) is 0 Å². The average Bonchev–Trinajstić information content (AvgIpc) is 3.04. The number of carbonyl (C=O) groups excluding carboxylic acids is 1. The van der Waals surface area contributed by atoms with E-state index >= 15 is 0 Å². The number of carbonyl (C=O) groups is 2. The molecule has 7 heteroatoms. The Kier molecular flexibility index (Phi) is 4.89. The third kappa shape index (κ3) is 3.79. The highest BCUT2D eigenvalue weighted by Crippen LogP contribution is 2.23. The second kappa shape index (κ2) is 7.09. The van der Waals surface area contributed by atoms with Gasteiger partial charge in [-0.2, -0.15) is 0 Å². The fourth-order valence-corrected chi connectivity index (χ4v) is 3.56. The highest BCUT2D eigenvalue weighted by Gasteiger charge is 2.27. The summed E-state index contributed by atoms with van der Waals surface area (Å²) < 4.78 is 13.0. The van der Waals surface area contributed by atoms with Gasteiger partial charge in [0.2, 0.25) is 5.91 Å². The number of piperidine rings is 1. The molecule has 1 aliphatic rings. The van der Waals surface area contributed by atoms with Crippen molar-refractivity contribution < 1.29 is 19.1 Å². The molecule has 3 rings (SSSR count). The summed E-state index contributed by atoms with van der Waals surface area (Å²) >= 11 is 1.40. The number of nitrogens with zero attached hydrogens (tertiary/aromatic N) is 2. The molecule has 0 atom stereocenters. The van der Waals surface area contributed by atoms with E-state index in [1.54, 1.807) is 17.0 Å². The number of carboxylic acids is 1. The van der Waals surface area contributed by atoms with Gasteiger partial charge in [0, 0.05) is 24.0 Å². The van der Waals surface area contributed by atoms with Crippen molar-refractivity contribution >= 4 is 23.2 Å². The minimum Gasteiger partial charge on any atom is -0.481 e. The molecule has 1 aliphatic heterocycles. The van der Waals surface area contributed by atoms with E-state index in [1.807, 2.05) is 5.38 Å². The van der Waals surface area contributed by atoms with Crippen LogP contribution in [0, 0.1) is 11.7 Å². The quantitative estimate of drug-likeness (QED) is 0.922. The smallest absolute Gasteiger partial charge is 0.306 e. The summed E-state index contributed by atoms with van der Waals surface area (Å²) in [6.45, 7) is 0.956. The van der Waals surface area contributed by atoms with Crippen LogP contribution in [0.2, 0.25) is 0 Å². The number of aliphatic carboxylic acids is 1. The first-order chi connectivity index (χ1) is 11.5. The van der Waals surface area contributed by atoms with Gasteiger partial charge in [-0.25, -0.2) is 9.37 Å². The Hall–Kier alpha value is -2.28. The van der Waals surface area contributed by atoms with Crippen molar-refractivity contribution in [2.75, 3.05) is 13.1 Å². The van der Waals surface area contributed by atoms with Crippen LogP contribution in [0.5, 0.6) is 0 Å². The summed E-state index contributed by atoms with van der Waals surface area (Å²) in [7, 11) is 0. The van der Waals surface area contributed by atoms with Gasteiger partial charge in [0.15, 0.2) is 0 Å². The molecule has 1 amide bonds. The van der Waals surface area contributed by atoms with Gasteiger partial charge in [-0.15, -0.1) is 11.3 Å². The Bertz CT molecular complexity index is 737. The van der Waals surface area contributed by atoms with Crippen molar-refractivity contribution in [2.24, 2.45) is 5.92 Å². The molecule has 2 aromatic rings. The van der Waals surface area contributed by atoms with Crippen LogP contribution in [0.15, 0.2) is 29.6 Å². The third-order valence-electron chi connectivity index (χ3n) is 4.19. The number of carboxylic acid groups (broad SMARTS) is 1. The zero-order chi connectivity index (χ0) is 17.1. The van der Waals surface area contributed by atoms with E-state index < -0.39 is 5.97 Å². The van der Waals surface area contributed by atoms with E-state index in [4.69, 9.17) is 5.11 Å². The van der Waals surface area contributed by atoms with E-state index in [9.17, 15) is 14.0 Å². The Morgan fingerprint density at radius 2 is 1.92 bits per heavy atom. The normalized spacial score (nSPS) is 15.5. The third-order valence-corrected chi connectivity index (χ3v) is 5.04. The van der Waals surface area contributed by atoms with E-state index in [0.29, 0.717) is 30.9 Å². The number of hydrogen-bond acceptors (Lipinski definition) is 4. The summed E-state index contributed by atoms with van der Waals surface area (Å²) in [5.74, 6) is -1.46. The highest BCUT2D eigenvalue weighted by molar-refractivity contribution is 7.10. The molecule has 1 N–H and O–H groups in total.